The lowest BCUT2D eigenvalue weighted by Crippen LogP contribution is -2.21. The summed E-state index contributed by atoms with van der Waals surface area (Å²) in [7, 11) is 0. The highest BCUT2D eigenvalue weighted by atomic mass is 16.3. The van der Waals surface area contributed by atoms with E-state index in [0.29, 0.717) is 18.4 Å². The van der Waals surface area contributed by atoms with Gasteiger partial charge in [0.25, 0.3) is 0 Å². The van der Waals surface area contributed by atoms with E-state index in [4.69, 9.17) is 0 Å². The largest absolute Gasteiger partial charge is 0.396 e. The Morgan fingerprint density at radius 3 is 2.88 bits per heavy atom. The maximum atomic E-state index is 9.23. The molecular weight excluding hydrogens is 200 g/mol. The third-order valence-electron chi connectivity index (χ3n) is 3.51. The molecule has 1 fully saturated rings. The number of pyridine rings is 1. The molecule has 2 unspecified atom stereocenters. The number of hydrogen-bond donors (Lipinski definition) is 2. The topological polar surface area (TPSA) is 45.1 Å². The summed E-state index contributed by atoms with van der Waals surface area (Å²) in [6, 6.07) is 4.08. The van der Waals surface area contributed by atoms with E-state index >= 15 is 0 Å². The molecule has 2 rings (SSSR count). The van der Waals surface area contributed by atoms with E-state index < -0.39 is 0 Å². The summed E-state index contributed by atoms with van der Waals surface area (Å²) in [6.07, 6.45) is 5.52. The van der Waals surface area contributed by atoms with E-state index in [1.54, 1.807) is 0 Å². The summed E-state index contributed by atoms with van der Waals surface area (Å²) in [5, 5.41) is 12.6. The first-order chi connectivity index (χ1) is 7.79. The van der Waals surface area contributed by atoms with E-state index in [1.807, 2.05) is 19.2 Å². The van der Waals surface area contributed by atoms with Gasteiger partial charge in [-0.25, -0.2) is 4.98 Å². The molecule has 0 radical (unpaired) electrons. The molecule has 1 aromatic heterocycles. The summed E-state index contributed by atoms with van der Waals surface area (Å²) in [5.74, 6) is 2.03. The number of aliphatic hydroxyl groups is 1. The zero-order valence-corrected chi connectivity index (χ0v) is 9.82. The molecule has 1 saturated carbocycles. The van der Waals surface area contributed by atoms with Gasteiger partial charge in [-0.05, 0) is 43.2 Å². The molecule has 2 N–H and O–H groups in total. The molecule has 1 heterocycles. The predicted molar refractivity (Wildman–Crippen MR) is 65.4 cm³/mol. The summed E-state index contributed by atoms with van der Waals surface area (Å²) in [4.78, 5) is 4.32. The molecule has 0 aromatic carbocycles. The first kappa shape index (κ1) is 11.4. The number of aryl methyl sites for hydroxylation is 1. The van der Waals surface area contributed by atoms with Crippen LogP contribution in [0.1, 0.15) is 24.8 Å². The molecule has 3 heteroatoms. The molecular formula is C13H20N2O. The SMILES string of the molecule is Cc1ccc(NCC2CCCC2CO)nc1. The Bertz CT molecular complexity index is 323. The Morgan fingerprint density at radius 2 is 2.19 bits per heavy atom. The first-order valence-electron chi connectivity index (χ1n) is 6.07. The maximum absolute atomic E-state index is 9.23. The Balaban J connectivity index is 1.85. The lowest BCUT2D eigenvalue weighted by atomic mass is 9.97. The summed E-state index contributed by atoms with van der Waals surface area (Å²) in [5.41, 5.74) is 1.18. The second-order valence-corrected chi connectivity index (χ2v) is 4.74. The molecule has 0 bridgehead atoms. The smallest absolute Gasteiger partial charge is 0.125 e. The normalized spacial score (nSPS) is 24.6. The average molecular weight is 220 g/mol. The second kappa shape index (κ2) is 5.30. The molecule has 88 valence electrons. The van der Waals surface area contributed by atoms with Crippen LogP contribution in [0.3, 0.4) is 0 Å². The van der Waals surface area contributed by atoms with Crippen molar-refractivity contribution in [3.63, 3.8) is 0 Å². The van der Waals surface area contributed by atoms with Crippen molar-refractivity contribution in [1.29, 1.82) is 0 Å². The van der Waals surface area contributed by atoms with Crippen LogP contribution in [0.2, 0.25) is 0 Å². The third kappa shape index (κ3) is 2.73. The van der Waals surface area contributed by atoms with Gasteiger partial charge in [0.05, 0.1) is 0 Å². The molecule has 1 aliphatic carbocycles. The molecule has 1 aliphatic rings. The number of nitrogens with one attached hydrogen (secondary N) is 1. The van der Waals surface area contributed by atoms with Crippen molar-refractivity contribution in [3.8, 4) is 0 Å². The van der Waals surface area contributed by atoms with E-state index in [9.17, 15) is 5.11 Å². The Morgan fingerprint density at radius 1 is 1.38 bits per heavy atom. The molecule has 0 amide bonds. The van der Waals surface area contributed by atoms with Crippen LogP contribution in [0.5, 0.6) is 0 Å². The van der Waals surface area contributed by atoms with Crippen molar-refractivity contribution in [3.05, 3.63) is 23.9 Å². The van der Waals surface area contributed by atoms with Crippen molar-refractivity contribution >= 4 is 5.82 Å². The Kier molecular flexibility index (Phi) is 3.78. The van der Waals surface area contributed by atoms with Gasteiger partial charge in [-0.15, -0.1) is 0 Å². The van der Waals surface area contributed by atoms with Gasteiger partial charge in [-0.1, -0.05) is 12.5 Å². The van der Waals surface area contributed by atoms with E-state index in [-0.39, 0.29) is 0 Å². The quantitative estimate of drug-likeness (QED) is 0.817. The van der Waals surface area contributed by atoms with E-state index in [2.05, 4.69) is 16.4 Å². The van der Waals surface area contributed by atoms with Gasteiger partial charge in [0.1, 0.15) is 5.82 Å². The predicted octanol–water partition coefficient (Wildman–Crippen LogP) is 2.21. The van der Waals surface area contributed by atoms with Crippen LogP contribution < -0.4 is 5.32 Å². The first-order valence-corrected chi connectivity index (χ1v) is 6.07. The summed E-state index contributed by atoms with van der Waals surface area (Å²) >= 11 is 0. The van der Waals surface area contributed by atoms with Crippen LogP contribution in [0.4, 0.5) is 5.82 Å². The minimum absolute atomic E-state index is 0.327. The number of anilines is 1. The Labute approximate surface area is 96.9 Å². The molecule has 0 saturated heterocycles. The van der Waals surface area contributed by atoms with Crippen LogP contribution in [0, 0.1) is 18.8 Å². The van der Waals surface area contributed by atoms with Gasteiger partial charge < -0.3 is 10.4 Å². The van der Waals surface area contributed by atoms with E-state index in [1.165, 1.54) is 24.8 Å². The fourth-order valence-electron chi connectivity index (χ4n) is 2.43. The molecule has 3 nitrogen and oxygen atoms in total. The van der Waals surface area contributed by atoms with E-state index in [0.717, 1.165) is 12.4 Å². The average Bonchev–Trinajstić information content (AvgIpc) is 2.76. The highest BCUT2D eigenvalue weighted by molar-refractivity contribution is 5.35. The molecule has 0 aliphatic heterocycles. The lowest BCUT2D eigenvalue weighted by Gasteiger charge is -2.18. The van der Waals surface area contributed by atoms with Crippen LogP contribution >= 0.6 is 0 Å². The number of rotatable bonds is 4. The number of aromatic nitrogens is 1. The Hall–Kier alpha value is -1.09. The minimum atomic E-state index is 0.327. The van der Waals surface area contributed by atoms with Crippen LogP contribution in [0.25, 0.3) is 0 Å². The van der Waals surface area contributed by atoms with Crippen molar-refractivity contribution < 1.29 is 5.11 Å². The maximum Gasteiger partial charge on any atom is 0.125 e. The summed E-state index contributed by atoms with van der Waals surface area (Å²) < 4.78 is 0. The number of aliphatic hydroxyl groups excluding tert-OH is 1. The monoisotopic (exact) mass is 220 g/mol. The lowest BCUT2D eigenvalue weighted by molar-refractivity contribution is 0.199. The van der Waals surface area contributed by atoms with Crippen molar-refractivity contribution in [1.82, 2.24) is 4.98 Å². The van der Waals surface area contributed by atoms with Gasteiger partial charge in [-0.3, -0.25) is 0 Å². The van der Waals surface area contributed by atoms with Crippen LogP contribution in [0.15, 0.2) is 18.3 Å². The molecule has 1 aromatic rings. The van der Waals surface area contributed by atoms with Crippen molar-refractivity contribution in [2.24, 2.45) is 11.8 Å². The molecule has 2 atom stereocenters. The van der Waals surface area contributed by atoms with Crippen molar-refractivity contribution in [2.45, 2.75) is 26.2 Å². The van der Waals surface area contributed by atoms with Gasteiger partial charge in [-0.2, -0.15) is 0 Å². The van der Waals surface area contributed by atoms with Crippen LogP contribution in [-0.2, 0) is 0 Å². The number of nitrogens with zero attached hydrogens (tertiary/aromatic N) is 1. The van der Waals surface area contributed by atoms with Gasteiger partial charge in [0.15, 0.2) is 0 Å². The second-order valence-electron chi connectivity index (χ2n) is 4.74. The minimum Gasteiger partial charge on any atom is -0.396 e. The van der Waals surface area contributed by atoms with Gasteiger partial charge >= 0.3 is 0 Å². The fraction of sp³-hybridized carbons (Fsp3) is 0.615. The standard InChI is InChI=1S/C13H20N2O/c1-10-5-6-13(14-7-10)15-8-11-3-2-4-12(11)9-16/h5-7,11-12,16H,2-4,8-9H2,1H3,(H,14,15). The summed E-state index contributed by atoms with van der Waals surface area (Å²) in [6.45, 7) is 3.30. The third-order valence-corrected chi connectivity index (χ3v) is 3.51. The zero-order valence-electron chi connectivity index (χ0n) is 9.82. The molecule has 0 spiro atoms. The van der Waals surface area contributed by atoms with Gasteiger partial charge in [0, 0.05) is 19.3 Å². The highest BCUT2D eigenvalue weighted by Gasteiger charge is 2.26. The number of hydrogen-bond acceptors (Lipinski definition) is 3. The highest BCUT2D eigenvalue weighted by Crippen LogP contribution is 2.31. The van der Waals surface area contributed by atoms with Crippen molar-refractivity contribution in [2.75, 3.05) is 18.5 Å². The van der Waals surface area contributed by atoms with Crippen LogP contribution in [-0.4, -0.2) is 23.2 Å². The fourth-order valence-corrected chi connectivity index (χ4v) is 2.43. The van der Waals surface area contributed by atoms with Gasteiger partial charge in [0.2, 0.25) is 0 Å². The molecule has 16 heavy (non-hydrogen) atoms. The zero-order chi connectivity index (χ0) is 11.4.